The summed E-state index contributed by atoms with van der Waals surface area (Å²) in [6.45, 7) is 0. The van der Waals surface area contributed by atoms with E-state index in [2.05, 4.69) is 15.0 Å². The number of nitrogens with zero attached hydrogens (tertiary/aromatic N) is 4. The molecule has 23 heavy (non-hydrogen) atoms. The lowest BCUT2D eigenvalue weighted by molar-refractivity contribution is 0.718. The molecule has 0 unspecified atom stereocenters. The highest BCUT2D eigenvalue weighted by molar-refractivity contribution is 6.35. The summed E-state index contributed by atoms with van der Waals surface area (Å²) in [6, 6.07) is 5.29. The molecule has 2 heterocycles. The van der Waals surface area contributed by atoms with Crippen molar-refractivity contribution < 1.29 is 0 Å². The zero-order valence-electron chi connectivity index (χ0n) is 12.2. The van der Waals surface area contributed by atoms with Crippen LogP contribution < -0.4 is 11.3 Å². The Balaban J connectivity index is 2.02. The molecule has 2 aromatic heterocycles. The molecule has 1 saturated carbocycles. The van der Waals surface area contributed by atoms with E-state index in [1.54, 1.807) is 18.2 Å². The molecular weight excluding hydrogens is 314 g/mol. The zero-order chi connectivity index (χ0) is 16.0. The third-order valence-electron chi connectivity index (χ3n) is 3.97. The number of fused-ring (bicyclic) bond motifs is 1. The van der Waals surface area contributed by atoms with Crippen molar-refractivity contribution in [1.82, 2.24) is 19.5 Å². The summed E-state index contributed by atoms with van der Waals surface area (Å²) < 4.78 is 1.50. The lowest BCUT2D eigenvalue weighted by Crippen LogP contribution is -2.25. The van der Waals surface area contributed by atoms with E-state index in [0.29, 0.717) is 39.3 Å². The van der Waals surface area contributed by atoms with Crippen LogP contribution in [0.1, 0.15) is 18.7 Å². The molecule has 1 aliphatic carbocycles. The van der Waals surface area contributed by atoms with E-state index in [0.717, 1.165) is 19.3 Å². The van der Waals surface area contributed by atoms with Crippen molar-refractivity contribution in [3.05, 3.63) is 51.8 Å². The van der Waals surface area contributed by atoms with Gasteiger partial charge in [-0.2, -0.15) is 0 Å². The van der Waals surface area contributed by atoms with Gasteiger partial charge in [-0.1, -0.05) is 17.7 Å². The Morgan fingerprint density at radius 3 is 2.78 bits per heavy atom. The Morgan fingerprint density at radius 2 is 2.09 bits per heavy atom. The maximum absolute atomic E-state index is 13.0. The SMILES string of the molecule is Nc1cnc(-n2c(CC3CC3)nc3cccc(Cl)c3c2=O)cn1. The molecule has 7 heteroatoms. The molecule has 2 N–H and O–H groups in total. The highest BCUT2D eigenvalue weighted by Crippen LogP contribution is 2.32. The van der Waals surface area contributed by atoms with Crippen LogP contribution in [-0.4, -0.2) is 19.5 Å². The third kappa shape index (κ3) is 2.55. The van der Waals surface area contributed by atoms with Gasteiger partial charge in [0.05, 0.1) is 28.3 Å². The highest BCUT2D eigenvalue weighted by Gasteiger charge is 2.25. The normalized spacial score (nSPS) is 14.3. The number of aromatic nitrogens is 4. The highest BCUT2D eigenvalue weighted by atomic mass is 35.5. The number of anilines is 1. The monoisotopic (exact) mass is 327 g/mol. The predicted molar refractivity (Wildman–Crippen MR) is 88.8 cm³/mol. The number of halogens is 1. The summed E-state index contributed by atoms with van der Waals surface area (Å²) in [5, 5.41) is 0.780. The minimum Gasteiger partial charge on any atom is -0.382 e. The van der Waals surface area contributed by atoms with Gasteiger partial charge in [0.15, 0.2) is 5.82 Å². The van der Waals surface area contributed by atoms with Gasteiger partial charge < -0.3 is 5.73 Å². The summed E-state index contributed by atoms with van der Waals surface area (Å²) in [4.78, 5) is 25.9. The molecule has 0 saturated heterocycles. The smallest absolute Gasteiger partial charge is 0.268 e. The van der Waals surface area contributed by atoms with E-state index in [-0.39, 0.29) is 5.56 Å². The second-order valence-electron chi connectivity index (χ2n) is 5.75. The van der Waals surface area contributed by atoms with Gasteiger partial charge in [0.2, 0.25) is 0 Å². The number of hydrogen-bond donors (Lipinski definition) is 1. The molecule has 1 aliphatic rings. The molecule has 0 atom stereocenters. The Bertz CT molecular complexity index is 947. The van der Waals surface area contributed by atoms with Crippen molar-refractivity contribution in [1.29, 1.82) is 0 Å². The van der Waals surface area contributed by atoms with Crippen molar-refractivity contribution in [2.45, 2.75) is 19.3 Å². The van der Waals surface area contributed by atoms with E-state index in [1.807, 2.05) is 0 Å². The number of nitrogen functional groups attached to an aromatic ring is 1. The van der Waals surface area contributed by atoms with Crippen molar-refractivity contribution in [3.8, 4) is 5.82 Å². The van der Waals surface area contributed by atoms with Gasteiger partial charge in [-0.15, -0.1) is 0 Å². The van der Waals surface area contributed by atoms with E-state index in [1.165, 1.54) is 17.0 Å². The predicted octanol–water partition coefficient (Wildman–Crippen LogP) is 2.36. The number of nitrogens with two attached hydrogens (primary N) is 1. The summed E-state index contributed by atoms with van der Waals surface area (Å²) in [7, 11) is 0. The van der Waals surface area contributed by atoms with Crippen LogP contribution in [0.4, 0.5) is 5.82 Å². The van der Waals surface area contributed by atoms with Crippen LogP contribution in [0.15, 0.2) is 35.4 Å². The molecule has 3 aromatic rings. The summed E-state index contributed by atoms with van der Waals surface area (Å²) >= 11 is 6.21. The molecule has 0 spiro atoms. The van der Waals surface area contributed by atoms with Gasteiger partial charge in [0.25, 0.3) is 5.56 Å². The average Bonchev–Trinajstić information content (AvgIpc) is 3.33. The zero-order valence-corrected chi connectivity index (χ0v) is 13.0. The fourth-order valence-electron chi connectivity index (χ4n) is 2.64. The van der Waals surface area contributed by atoms with Gasteiger partial charge in [0.1, 0.15) is 11.6 Å². The summed E-state index contributed by atoms with van der Waals surface area (Å²) in [5.41, 5.74) is 5.97. The molecule has 1 fully saturated rings. The van der Waals surface area contributed by atoms with E-state index in [4.69, 9.17) is 17.3 Å². The average molecular weight is 328 g/mol. The molecule has 6 nitrogen and oxygen atoms in total. The first kappa shape index (κ1) is 14.1. The minimum absolute atomic E-state index is 0.227. The Hall–Kier alpha value is -2.47. The third-order valence-corrected chi connectivity index (χ3v) is 4.29. The van der Waals surface area contributed by atoms with Gasteiger partial charge >= 0.3 is 0 Å². The van der Waals surface area contributed by atoms with Crippen molar-refractivity contribution in [2.75, 3.05) is 5.73 Å². The van der Waals surface area contributed by atoms with Gasteiger partial charge in [0, 0.05) is 6.42 Å². The Labute approximate surface area is 137 Å². The first-order valence-electron chi connectivity index (χ1n) is 7.41. The summed E-state index contributed by atoms with van der Waals surface area (Å²) in [6.07, 6.45) is 5.98. The van der Waals surface area contributed by atoms with E-state index in [9.17, 15) is 4.79 Å². The lowest BCUT2D eigenvalue weighted by Gasteiger charge is -2.13. The van der Waals surface area contributed by atoms with Crippen LogP contribution in [0, 0.1) is 5.92 Å². The number of benzene rings is 1. The van der Waals surface area contributed by atoms with Crippen LogP contribution in [0.2, 0.25) is 5.02 Å². The largest absolute Gasteiger partial charge is 0.382 e. The minimum atomic E-state index is -0.227. The van der Waals surface area contributed by atoms with Crippen molar-refractivity contribution in [3.63, 3.8) is 0 Å². The molecule has 0 aliphatic heterocycles. The molecule has 1 aromatic carbocycles. The topological polar surface area (TPSA) is 86.7 Å². The lowest BCUT2D eigenvalue weighted by atomic mass is 10.2. The molecule has 0 radical (unpaired) electrons. The van der Waals surface area contributed by atoms with Gasteiger partial charge in [-0.25, -0.2) is 19.5 Å². The van der Waals surface area contributed by atoms with Crippen molar-refractivity contribution >= 4 is 28.3 Å². The first-order valence-corrected chi connectivity index (χ1v) is 7.79. The maximum atomic E-state index is 13.0. The molecule has 116 valence electrons. The van der Waals surface area contributed by atoms with E-state index < -0.39 is 0 Å². The Morgan fingerprint density at radius 1 is 1.26 bits per heavy atom. The van der Waals surface area contributed by atoms with Crippen LogP contribution >= 0.6 is 11.6 Å². The molecule has 0 amide bonds. The van der Waals surface area contributed by atoms with Crippen LogP contribution in [0.5, 0.6) is 0 Å². The quantitative estimate of drug-likeness (QED) is 0.798. The summed E-state index contributed by atoms with van der Waals surface area (Å²) in [5.74, 6) is 1.98. The van der Waals surface area contributed by atoms with Crippen LogP contribution in [-0.2, 0) is 6.42 Å². The van der Waals surface area contributed by atoms with Crippen LogP contribution in [0.3, 0.4) is 0 Å². The molecular formula is C16H14ClN5O. The standard InChI is InChI=1S/C16H14ClN5O/c17-10-2-1-3-11-15(10)16(23)22(13(21-11)6-9-4-5-9)14-8-19-12(18)7-20-14/h1-3,7-9H,4-6H2,(H2,18,19). The van der Waals surface area contributed by atoms with E-state index >= 15 is 0 Å². The van der Waals surface area contributed by atoms with Gasteiger partial charge in [-0.05, 0) is 30.9 Å². The second kappa shape index (κ2) is 5.31. The maximum Gasteiger partial charge on any atom is 0.268 e. The molecule has 4 rings (SSSR count). The Kier molecular flexibility index (Phi) is 3.27. The van der Waals surface area contributed by atoms with Gasteiger partial charge in [-0.3, -0.25) is 4.79 Å². The molecule has 0 bridgehead atoms. The first-order chi connectivity index (χ1) is 11.1. The fraction of sp³-hybridized carbons (Fsp3) is 0.250. The van der Waals surface area contributed by atoms with Crippen LogP contribution in [0.25, 0.3) is 16.7 Å². The fourth-order valence-corrected chi connectivity index (χ4v) is 2.89. The number of rotatable bonds is 3. The second-order valence-corrected chi connectivity index (χ2v) is 6.16. The van der Waals surface area contributed by atoms with Crippen molar-refractivity contribution in [2.24, 2.45) is 5.92 Å². The number of hydrogen-bond acceptors (Lipinski definition) is 5.